The Labute approximate surface area is 164 Å². The van der Waals surface area contributed by atoms with Crippen LogP contribution in [0.2, 0.25) is 0 Å². The minimum atomic E-state index is -0.220. The van der Waals surface area contributed by atoms with E-state index in [1.807, 2.05) is 30.3 Å². The van der Waals surface area contributed by atoms with Crippen molar-refractivity contribution in [1.29, 1.82) is 0 Å². The zero-order valence-electron chi connectivity index (χ0n) is 16.3. The topological polar surface area (TPSA) is 98.7 Å². The van der Waals surface area contributed by atoms with Crippen LogP contribution in [0.3, 0.4) is 0 Å². The van der Waals surface area contributed by atoms with Crippen LogP contribution in [-0.4, -0.2) is 25.7 Å². The second kappa shape index (κ2) is 7.53. The Morgan fingerprint density at radius 2 is 1.79 bits per heavy atom. The molecule has 0 spiro atoms. The van der Waals surface area contributed by atoms with Gasteiger partial charge in [-0.15, -0.1) is 0 Å². The van der Waals surface area contributed by atoms with E-state index in [1.54, 1.807) is 24.1 Å². The van der Waals surface area contributed by atoms with Crippen LogP contribution in [0.5, 0.6) is 0 Å². The van der Waals surface area contributed by atoms with Crippen molar-refractivity contribution in [3.8, 4) is 11.8 Å². The number of hydrogen-bond acceptors (Lipinski definition) is 5. The maximum atomic E-state index is 12.7. The number of carbonyl (C=O) groups is 1. The lowest BCUT2D eigenvalue weighted by atomic mass is 9.92. The van der Waals surface area contributed by atoms with E-state index in [4.69, 9.17) is 5.73 Å². The maximum absolute atomic E-state index is 12.7. The van der Waals surface area contributed by atoms with Crippen LogP contribution in [0.15, 0.2) is 42.7 Å². The van der Waals surface area contributed by atoms with Crippen LogP contribution >= 0.6 is 0 Å². The number of anilines is 2. The highest BCUT2D eigenvalue weighted by atomic mass is 16.2. The molecule has 0 aliphatic rings. The van der Waals surface area contributed by atoms with Gasteiger partial charge in [-0.05, 0) is 24.3 Å². The van der Waals surface area contributed by atoms with Crippen LogP contribution in [0, 0.1) is 11.8 Å². The molecule has 0 unspecified atom stereocenters. The lowest BCUT2D eigenvalue weighted by Crippen LogP contribution is -2.16. The van der Waals surface area contributed by atoms with Crippen molar-refractivity contribution in [1.82, 2.24) is 19.7 Å². The minimum absolute atomic E-state index is 0.127. The van der Waals surface area contributed by atoms with E-state index in [9.17, 15) is 4.79 Å². The summed E-state index contributed by atoms with van der Waals surface area (Å²) < 4.78 is 1.60. The van der Waals surface area contributed by atoms with E-state index < -0.39 is 0 Å². The van der Waals surface area contributed by atoms with Crippen molar-refractivity contribution >= 4 is 17.5 Å². The Morgan fingerprint density at radius 1 is 1.11 bits per heavy atom. The van der Waals surface area contributed by atoms with Gasteiger partial charge >= 0.3 is 0 Å². The first-order valence-electron chi connectivity index (χ1n) is 8.78. The largest absolute Gasteiger partial charge is 0.368 e. The molecular weight excluding hydrogens is 352 g/mol. The number of rotatable bonds is 2. The molecule has 0 saturated heterocycles. The van der Waals surface area contributed by atoms with Crippen molar-refractivity contribution in [2.24, 2.45) is 7.05 Å². The second-order valence-electron chi connectivity index (χ2n) is 7.40. The predicted molar refractivity (Wildman–Crippen MR) is 109 cm³/mol. The minimum Gasteiger partial charge on any atom is -0.368 e. The Morgan fingerprint density at radius 3 is 2.43 bits per heavy atom. The molecule has 3 N–H and O–H groups in total. The molecule has 0 aliphatic carbocycles. The summed E-state index contributed by atoms with van der Waals surface area (Å²) in [5.74, 6) is 5.99. The third-order valence-electron chi connectivity index (χ3n) is 4.02. The predicted octanol–water partition coefficient (Wildman–Crippen LogP) is 2.74. The van der Waals surface area contributed by atoms with Crippen molar-refractivity contribution < 1.29 is 4.79 Å². The van der Waals surface area contributed by atoms with Gasteiger partial charge in [-0.2, -0.15) is 5.10 Å². The lowest BCUT2D eigenvalue weighted by molar-refractivity contribution is 0.101. The molecule has 2 heterocycles. The molecule has 0 atom stereocenters. The molecular formula is C21H22N6O. The van der Waals surface area contributed by atoms with Crippen molar-refractivity contribution in [2.75, 3.05) is 11.1 Å². The highest BCUT2D eigenvalue weighted by Crippen LogP contribution is 2.22. The molecule has 3 rings (SSSR count). The summed E-state index contributed by atoms with van der Waals surface area (Å²) in [5, 5.41) is 7.35. The van der Waals surface area contributed by atoms with Gasteiger partial charge in [0.2, 0.25) is 5.95 Å². The number of nitrogens with one attached hydrogen (secondary N) is 1. The number of amides is 1. The van der Waals surface area contributed by atoms with Gasteiger partial charge < -0.3 is 11.1 Å². The zero-order chi connectivity index (χ0) is 20.3. The molecule has 1 aromatic carbocycles. The van der Waals surface area contributed by atoms with Gasteiger partial charge in [0.25, 0.3) is 5.91 Å². The van der Waals surface area contributed by atoms with Crippen molar-refractivity contribution in [3.63, 3.8) is 0 Å². The average molecular weight is 374 g/mol. The molecule has 3 aromatic rings. The Bertz CT molecular complexity index is 1060. The van der Waals surface area contributed by atoms with Crippen LogP contribution in [0.1, 0.15) is 48.1 Å². The highest BCUT2D eigenvalue weighted by molar-refractivity contribution is 6.03. The average Bonchev–Trinajstić information content (AvgIpc) is 3.04. The number of nitrogens with zero attached hydrogens (tertiary/aromatic N) is 4. The van der Waals surface area contributed by atoms with Gasteiger partial charge in [0.1, 0.15) is 5.69 Å². The van der Waals surface area contributed by atoms with E-state index >= 15 is 0 Å². The van der Waals surface area contributed by atoms with Crippen LogP contribution in [0.4, 0.5) is 11.6 Å². The molecule has 2 aromatic heterocycles. The summed E-state index contributed by atoms with van der Waals surface area (Å²) in [4.78, 5) is 20.5. The molecule has 7 heteroatoms. The molecule has 142 valence electrons. The van der Waals surface area contributed by atoms with E-state index in [2.05, 4.69) is 53.0 Å². The van der Waals surface area contributed by atoms with Crippen LogP contribution in [-0.2, 0) is 12.5 Å². The van der Waals surface area contributed by atoms with Crippen LogP contribution < -0.4 is 11.1 Å². The summed E-state index contributed by atoms with van der Waals surface area (Å²) in [7, 11) is 1.76. The van der Waals surface area contributed by atoms with Gasteiger partial charge in [0.05, 0.1) is 11.3 Å². The number of hydrogen-bond donors (Lipinski definition) is 2. The molecule has 0 aliphatic heterocycles. The molecule has 7 nitrogen and oxygen atoms in total. The number of benzene rings is 1. The number of aromatic nitrogens is 4. The van der Waals surface area contributed by atoms with Crippen molar-refractivity contribution in [3.05, 3.63) is 65.2 Å². The number of aryl methyl sites for hydroxylation is 1. The number of nitrogen functional groups attached to an aromatic ring is 1. The quantitative estimate of drug-likeness (QED) is 0.672. The second-order valence-corrected chi connectivity index (χ2v) is 7.40. The summed E-state index contributed by atoms with van der Waals surface area (Å²) >= 11 is 0. The number of carbonyl (C=O) groups excluding carboxylic acids is 1. The monoisotopic (exact) mass is 374 g/mol. The van der Waals surface area contributed by atoms with E-state index in [0.29, 0.717) is 16.9 Å². The molecule has 1 amide bonds. The van der Waals surface area contributed by atoms with Crippen LogP contribution in [0.25, 0.3) is 0 Å². The first-order chi connectivity index (χ1) is 13.2. The summed E-state index contributed by atoms with van der Waals surface area (Å²) in [6, 6.07) is 9.15. The Balaban J connectivity index is 1.77. The molecule has 0 bridgehead atoms. The van der Waals surface area contributed by atoms with Gasteiger partial charge in [0, 0.05) is 36.1 Å². The standard InChI is InChI=1S/C21H22N6O/c1-21(2,3)18-11-17(27(4)26-18)19(28)25-16-7-5-6-14(10-16)8-9-15-12-23-20(22)24-13-15/h5-7,10-13H,1-4H3,(H,25,28)(H2,22,23,24). The first kappa shape index (κ1) is 19.1. The lowest BCUT2D eigenvalue weighted by Gasteiger charge is -2.13. The van der Waals surface area contributed by atoms with Gasteiger partial charge in [-0.25, -0.2) is 9.97 Å². The van der Waals surface area contributed by atoms with Gasteiger partial charge in [-0.1, -0.05) is 38.7 Å². The van der Waals surface area contributed by atoms with E-state index in [-0.39, 0.29) is 17.3 Å². The normalized spacial score (nSPS) is 10.9. The van der Waals surface area contributed by atoms with Crippen molar-refractivity contribution in [2.45, 2.75) is 26.2 Å². The fourth-order valence-electron chi connectivity index (χ4n) is 2.46. The molecule has 0 saturated carbocycles. The Hall–Kier alpha value is -3.66. The molecule has 0 radical (unpaired) electrons. The zero-order valence-corrected chi connectivity index (χ0v) is 16.3. The molecule has 28 heavy (non-hydrogen) atoms. The van der Waals surface area contributed by atoms with Gasteiger partial charge in [-0.3, -0.25) is 9.48 Å². The van der Waals surface area contributed by atoms with Gasteiger partial charge in [0.15, 0.2) is 0 Å². The first-order valence-corrected chi connectivity index (χ1v) is 8.78. The van der Waals surface area contributed by atoms with E-state index in [1.165, 1.54) is 0 Å². The maximum Gasteiger partial charge on any atom is 0.273 e. The Kier molecular flexibility index (Phi) is 5.14. The fourth-order valence-corrected chi connectivity index (χ4v) is 2.46. The third-order valence-corrected chi connectivity index (χ3v) is 4.02. The van der Waals surface area contributed by atoms with E-state index in [0.717, 1.165) is 11.3 Å². The fraction of sp³-hybridized carbons (Fsp3) is 0.238. The smallest absolute Gasteiger partial charge is 0.273 e. The number of nitrogens with two attached hydrogens (primary N) is 1. The third kappa shape index (κ3) is 4.54. The molecule has 0 fully saturated rings. The summed E-state index contributed by atoms with van der Waals surface area (Å²) in [6.45, 7) is 6.18. The highest BCUT2D eigenvalue weighted by Gasteiger charge is 2.21. The SMILES string of the molecule is Cn1nc(C(C)(C)C)cc1C(=O)Nc1cccc(C#Cc2cnc(N)nc2)c1. The summed E-state index contributed by atoms with van der Waals surface area (Å²) in [6.07, 6.45) is 3.13. The summed E-state index contributed by atoms with van der Waals surface area (Å²) in [5.41, 5.74) is 8.78.